The molecule has 0 N–H and O–H groups in total. The lowest BCUT2D eigenvalue weighted by molar-refractivity contribution is -0.141. The Hall–Kier alpha value is -2.19. The molecule has 212 valence electrons. The van der Waals surface area contributed by atoms with Crippen molar-refractivity contribution in [2.24, 2.45) is 0 Å². The summed E-state index contributed by atoms with van der Waals surface area (Å²) in [5, 5.41) is 0. The standard InChI is InChI=1S/C16H24O3.C15H21FO3/c1-11(2)14-8-12(3)6-7-15(14)17-9-13-10-18-16(4,5)19-13;1-10(2)11-5-12(16)7-13(6-11)17-8-14-9-18-15(3,4)19-14/h6-8,11,13H,9-10H2,1-5H3;5-7,10,14H,8-9H2,1-4H3. The first-order chi connectivity index (χ1) is 17.7. The maximum absolute atomic E-state index is 13.5. The van der Waals surface area contributed by atoms with Crippen LogP contribution in [0.5, 0.6) is 11.5 Å². The summed E-state index contributed by atoms with van der Waals surface area (Å²) in [4.78, 5) is 0. The minimum atomic E-state index is -0.556. The van der Waals surface area contributed by atoms with Gasteiger partial charge in [0, 0.05) is 6.07 Å². The van der Waals surface area contributed by atoms with Crippen LogP contribution in [-0.2, 0) is 18.9 Å². The molecule has 2 saturated heterocycles. The van der Waals surface area contributed by atoms with Crippen LogP contribution in [0.25, 0.3) is 0 Å². The van der Waals surface area contributed by atoms with Crippen molar-refractivity contribution >= 4 is 0 Å². The topological polar surface area (TPSA) is 55.4 Å². The Labute approximate surface area is 227 Å². The number of benzene rings is 2. The molecule has 0 radical (unpaired) electrons. The zero-order valence-electron chi connectivity index (χ0n) is 24.4. The normalized spacial score (nSPS) is 21.9. The summed E-state index contributed by atoms with van der Waals surface area (Å²) >= 11 is 0. The molecule has 2 aliphatic heterocycles. The Morgan fingerprint density at radius 1 is 0.816 bits per heavy atom. The number of hydrogen-bond acceptors (Lipinski definition) is 6. The van der Waals surface area contributed by atoms with Gasteiger partial charge in [0.1, 0.15) is 42.7 Å². The summed E-state index contributed by atoms with van der Waals surface area (Å²) in [7, 11) is 0. The zero-order valence-corrected chi connectivity index (χ0v) is 24.4. The molecule has 2 unspecified atom stereocenters. The van der Waals surface area contributed by atoms with Gasteiger partial charge in [-0.05, 0) is 75.8 Å². The molecule has 4 rings (SSSR count). The fourth-order valence-electron chi connectivity index (χ4n) is 4.31. The lowest BCUT2D eigenvalue weighted by atomic mass is 10.00. The van der Waals surface area contributed by atoms with Crippen LogP contribution < -0.4 is 9.47 Å². The third-order valence-corrected chi connectivity index (χ3v) is 6.34. The number of rotatable bonds is 8. The van der Waals surface area contributed by atoms with E-state index < -0.39 is 11.6 Å². The Bertz CT molecular complexity index is 1050. The number of hydrogen-bond donors (Lipinski definition) is 0. The monoisotopic (exact) mass is 532 g/mol. The number of halogens is 1. The Morgan fingerprint density at radius 2 is 1.39 bits per heavy atom. The van der Waals surface area contributed by atoms with E-state index in [4.69, 9.17) is 28.4 Å². The summed E-state index contributed by atoms with van der Waals surface area (Å²) < 4.78 is 47.4. The van der Waals surface area contributed by atoms with Crippen LogP contribution in [0.3, 0.4) is 0 Å². The van der Waals surface area contributed by atoms with Crippen molar-refractivity contribution in [2.75, 3.05) is 26.4 Å². The van der Waals surface area contributed by atoms with Gasteiger partial charge in [0.25, 0.3) is 0 Å². The summed E-state index contributed by atoms with van der Waals surface area (Å²) in [5.41, 5.74) is 3.44. The second-order valence-corrected chi connectivity index (χ2v) is 11.6. The number of ether oxygens (including phenoxy) is 6. The van der Waals surface area contributed by atoms with E-state index in [1.807, 2.05) is 53.7 Å². The van der Waals surface area contributed by atoms with Crippen molar-refractivity contribution < 1.29 is 32.8 Å². The van der Waals surface area contributed by atoms with Gasteiger partial charge in [-0.2, -0.15) is 0 Å². The van der Waals surface area contributed by atoms with Crippen molar-refractivity contribution in [3.05, 3.63) is 58.9 Å². The molecule has 7 heteroatoms. The first kappa shape index (κ1) is 30.4. The van der Waals surface area contributed by atoms with E-state index in [9.17, 15) is 4.39 Å². The second-order valence-electron chi connectivity index (χ2n) is 11.6. The smallest absolute Gasteiger partial charge is 0.163 e. The molecular formula is C31H45FO6. The second kappa shape index (κ2) is 12.8. The SMILES string of the molecule is CC(C)c1cc(F)cc(OCC2COC(C)(C)O2)c1.Cc1ccc(OCC2COC(C)(C)O2)c(C(C)C)c1. The van der Waals surface area contributed by atoms with E-state index in [1.165, 1.54) is 23.3 Å². The average Bonchev–Trinajstić information content (AvgIpc) is 3.36. The highest BCUT2D eigenvalue weighted by molar-refractivity contribution is 5.39. The van der Waals surface area contributed by atoms with Crippen molar-refractivity contribution in [3.63, 3.8) is 0 Å². The molecule has 2 aromatic rings. The highest BCUT2D eigenvalue weighted by Gasteiger charge is 2.34. The molecule has 0 bridgehead atoms. The van der Waals surface area contributed by atoms with E-state index in [1.54, 1.807) is 0 Å². The molecule has 2 fully saturated rings. The van der Waals surface area contributed by atoms with Crippen LogP contribution in [0, 0.1) is 12.7 Å². The molecule has 2 heterocycles. The average molecular weight is 533 g/mol. The van der Waals surface area contributed by atoms with Crippen molar-refractivity contribution in [3.8, 4) is 11.5 Å². The van der Waals surface area contributed by atoms with Gasteiger partial charge in [0.15, 0.2) is 11.6 Å². The highest BCUT2D eigenvalue weighted by Crippen LogP contribution is 2.29. The van der Waals surface area contributed by atoms with E-state index in [-0.39, 0.29) is 23.9 Å². The van der Waals surface area contributed by atoms with Gasteiger partial charge in [0.2, 0.25) is 0 Å². The molecule has 2 aliphatic rings. The molecule has 38 heavy (non-hydrogen) atoms. The van der Waals surface area contributed by atoms with Crippen molar-refractivity contribution in [1.29, 1.82) is 0 Å². The first-order valence-corrected chi connectivity index (χ1v) is 13.5. The van der Waals surface area contributed by atoms with Gasteiger partial charge in [-0.15, -0.1) is 0 Å². The van der Waals surface area contributed by atoms with Crippen molar-refractivity contribution in [2.45, 2.75) is 97.9 Å². The van der Waals surface area contributed by atoms with Crippen molar-refractivity contribution in [1.82, 2.24) is 0 Å². The van der Waals surface area contributed by atoms with Crippen LogP contribution in [-0.4, -0.2) is 50.2 Å². The predicted molar refractivity (Wildman–Crippen MR) is 147 cm³/mol. The van der Waals surface area contributed by atoms with Crippen LogP contribution in [0.1, 0.15) is 83.9 Å². The maximum Gasteiger partial charge on any atom is 0.163 e. The van der Waals surface area contributed by atoms with E-state index in [0.717, 1.165) is 11.3 Å². The summed E-state index contributed by atoms with van der Waals surface area (Å²) in [6.07, 6.45) is -0.0999. The molecule has 0 aromatic heterocycles. The Morgan fingerprint density at radius 3 is 1.89 bits per heavy atom. The Kier molecular flexibility index (Phi) is 10.2. The fraction of sp³-hybridized carbons (Fsp3) is 0.613. The molecule has 0 saturated carbocycles. The summed E-state index contributed by atoms with van der Waals surface area (Å²) in [6, 6.07) is 11.1. The largest absolute Gasteiger partial charge is 0.491 e. The van der Waals surface area contributed by atoms with Gasteiger partial charge in [-0.1, -0.05) is 45.4 Å². The highest BCUT2D eigenvalue weighted by atomic mass is 19.1. The molecule has 0 aliphatic carbocycles. The molecule has 2 atom stereocenters. The quantitative estimate of drug-likeness (QED) is 0.361. The molecule has 6 nitrogen and oxygen atoms in total. The zero-order chi connectivity index (χ0) is 28.1. The third kappa shape index (κ3) is 9.23. The van der Waals surface area contributed by atoms with Crippen LogP contribution in [0.15, 0.2) is 36.4 Å². The molecular weight excluding hydrogens is 487 g/mol. The van der Waals surface area contributed by atoms with Gasteiger partial charge in [-0.3, -0.25) is 0 Å². The lowest BCUT2D eigenvalue weighted by Crippen LogP contribution is -2.25. The van der Waals surface area contributed by atoms with Crippen LogP contribution >= 0.6 is 0 Å². The third-order valence-electron chi connectivity index (χ3n) is 6.34. The summed E-state index contributed by atoms with van der Waals surface area (Å²) in [6.45, 7) is 20.1. The minimum Gasteiger partial charge on any atom is -0.491 e. The number of aryl methyl sites for hydroxylation is 1. The molecule has 0 amide bonds. The van der Waals surface area contributed by atoms with E-state index >= 15 is 0 Å². The summed E-state index contributed by atoms with van der Waals surface area (Å²) in [5.74, 6) is 0.896. The molecule has 2 aromatic carbocycles. The predicted octanol–water partition coefficient (Wildman–Crippen LogP) is 7.13. The van der Waals surface area contributed by atoms with Gasteiger partial charge >= 0.3 is 0 Å². The Balaban J connectivity index is 0.000000211. The van der Waals surface area contributed by atoms with Crippen LogP contribution in [0.2, 0.25) is 0 Å². The van der Waals surface area contributed by atoms with Gasteiger partial charge in [-0.25, -0.2) is 4.39 Å². The van der Waals surface area contributed by atoms with Gasteiger partial charge in [0.05, 0.1) is 13.2 Å². The first-order valence-electron chi connectivity index (χ1n) is 13.5. The van der Waals surface area contributed by atoms with Gasteiger partial charge < -0.3 is 28.4 Å². The lowest BCUT2D eigenvalue weighted by Gasteiger charge is -2.19. The molecule has 0 spiro atoms. The van der Waals surface area contributed by atoms with E-state index in [2.05, 4.69) is 32.9 Å². The van der Waals surface area contributed by atoms with Crippen LogP contribution in [0.4, 0.5) is 4.39 Å². The maximum atomic E-state index is 13.5. The van der Waals surface area contributed by atoms with E-state index in [0.29, 0.717) is 38.1 Å². The fourth-order valence-corrected chi connectivity index (χ4v) is 4.31. The minimum absolute atomic E-state index is 0.0105.